The first-order valence-corrected chi connectivity index (χ1v) is 10.6. The van der Waals surface area contributed by atoms with Crippen LogP contribution >= 0.6 is 11.8 Å². The van der Waals surface area contributed by atoms with Crippen LogP contribution < -0.4 is 10.3 Å². The minimum atomic E-state index is 0.00317. The Morgan fingerprint density at radius 1 is 1.21 bits per heavy atom. The Hall–Kier alpha value is -2.31. The number of aryl methyl sites for hydroxylation is 1. The number of ether oxygens (including phenoxy) is 2. The summed E-state index contributed by atoms with van der Waals surface area (Å²) in [6.45, 7) is 3.91. The third-order valence-electron chi connectivity index (χ3n) is 4.90. The molecule has 1 atom stereocenters. The molecule has 0 N–H and O–H groups in total. The van der Waals surface area contributed by atoms with Crippen LogP contribution in [0.2, 0.25) is 0 Å². The van der Waals surface area contributed by atoms with Crippen LogP contribution in [-0.2, 0) is 11.3 Å². The van der Waals surface area contributed by atoms with E-state index >= 15 is 0 Å². The molecule has 3 aromatic rings. The third kappa shape index (κ3) is 4.23. The highest BCUT2D eigenvalue weighted by molar-refractivity contribution is 7.99. The molecule has 0 bridgehead atoms. The highest BCUT2D eigenvalue weighted by atomic mass is 32.2. The van der Waals surface area contributed by atoms with Crippen molar-refractivity contribution in [3.05, 3.63) is 64.4 Å². The summed E-state index contributed by atoms with van der Waals surface area (Å²) in [6, 6.07) is 15.5. The highest BCUT2D eigenvalue weighted by Crippen LogP contribution is 2.22. The van der Waals surface area contributed by atoms with E-state index in [9.17, 15) is 4.79 Å². The molecule has 2 heterocycles. The Bertz CT molecular complexity index is 1010. The lowest BCUT2D eigenvalue weighted by Crippen LogP contribution is -2.29. The zero-order valence-corrected chi connectivity index (χ0v) is 16.8. The molecule has 1 unspecified atom stereocenters. The Morgan fingerprint density at radius 2 is 2.04 bits per heavy atom. The molecule has 1 aliphatic rings. The van der Waals surface area contributed by atoms with Crippen LogP contribution in [0, 0.1) is 6.92 Å². The van der Waals surface area contributed by atoms with Gasteiger partial charge in [0.15, 0.2) is 5.16 Å². The van der Waals surface area contributed by atoms with Crippen molar-refractivity contribution >= 4 is 22.7 Å². The normalized spacial score (nSPS) is 16.5. The second-order valence-electron chi connectivity index (χ2n) is 6.92. The van der Waals surface area contributed by atoms with Gasteiger partial charge in [-0.05, 0) is 43.5 Å². The first-order chi connectivity index (χ1) is 13.7. The van der Waals surface area contributed by atoms with E-state index in [4.69, 9.17) is 14.5 Å². The number of fused-ring (bicyclic) bond motifs is 1. The largest absolute Gasteiger partial charge is 0.492 e. The maximum Gasteiger partial charge on any atom is 0.262 e. The van der Waals surface area contributed by atoms with Gasteiger partial charge in [0.25, 0.3) is 5.56 Å². The number of para-hydroxylation sites is 2. The van der Waals surface area contributed by atoms with Crippen molar-refractivity contribution in [2.24, 2.45) is 0 Å². The molecule has 0 aliphatic carbocycles. The summed E-state index contributed by atoms with van der Waals surface area (Å²) in [5.74, 6) is 1.61. The van der Waals surface area contributed by atoms with Crippen molar-refractivity contribution in [2.75, 3.05) is 19.0 Å². The van der Waals surface area contributed by atoms with Crippen molar-refractivity contribution in [2.45, 2.75) is 37.6 Å². The Morgan fingerprint density at radius 3 is 2.86 bits per heavy atom. The smallest absolute Gasteiger partial charge is 0.262 e. The van der Waals surface area contributed by atoms with Gasteiger partial charge in [0.05, 0.1) is 30.2 Å². The van der Waals surface area contributed by atoms with Crippen molar-refractivity contribution < 1.29 is 9.47 Å². The van der Waals surface area contributed by atoms with Crippen LogP contribution in [0.3, 0.4) is 0 Å². The molecule has 4 rings (SSSR count). The minimum absolute atomic E-state index is 0.00317. The van der Waals surface area contributed by atoms with Gasteiger partial charge in [-0.15, -0.1) is 0 Å². The highest BCUT2D eigenvalue weighted by Gasteiger charge is 2.20. The predicted molar refractivity (Wildman–Crippen MR) is 112 cm³/mol. The van der Waals surface area contributed by atoms with Crippen LogP contribution in [0.4, 0.5) is 0 Å². The molecule has 1 fully saturated rings. The summed E-state index contributed by atoms with van der Waals surface area (Å²) in [7, 11) is 0. The molecule has 28 heavy (non-hydrogen) atoms. The standard InChI is InChI=1S/C22H24N2O3S/c1-16-7-2-5-11-20(16)27-13-14-28-22-23-19-10-4-3-9-18(19)21(25)24(22)15-17-8-6-12-26-17/h2-5,7,9-11,17H,6,8,12-15H2,1H3. The van der Waals surface area contributed by atoms with E-state index in [1.165, 1.54) is 0 Å². The molecular formula is C22H24N2O3S. The summed E-state index contributed by atoms with van der Waals surface area (Å²) in [4.78, 5) is 17.8. The average Bonchev–Trinajstić information content (AvgIpc) is 3.22. The van der Waals surface area contributed by atoms with Crippen LogP contribution in [-0.4, -0.2) is 34.6 Å². The molecule has 0 saturated carbocycles. The maximum absolute atomic E-state index is 13.1. The second kappa shape index (κ2) is 8.80. The first kappa shape index (κ1) is 19.0. The average molecular weight is 397 g/mol. The third-order valence-corrected chi connectivity index (χ3v) is 5.84. The molecule has 1 aromatic heterocycles. The number of hydrogen-bond acceptors (Lipinski definition) is 5. The van der Waals surface area contributed by atoms with E-state index in [-0.39, 0.29) is 11.7 Å². The van der Waals surface area contributed by atoms with Gasteiger partial charge in [-0.2, -0.15) is 0 Å². The van der Waals surface area contributed by atoms with Crippen molar-refractivity contribution in [3.63, 3.8) is 0 Å². The van der Waals surface area contributed by atoms with E-state index in [0.717, 1.165) is 41.4 Å². The zero-order chi connectivity index (χ0) is 19.3. The topological polar surface area (TPSA) is 53.3 Å². The van der Waals surface area contributed by atoms with Crippen LogP contribution in [0.25, 0.3) is 10.9 Å². The number of rotatable bonds is 7. The van der Waals surface area contributed by atoms with Gasteiger partial charge in [-0.25, -0.2) is 4.98 Å². The quantitative estimate of drug-likeness (QED) is 0.343. The summed E-state index contributed by atoms with van der Waals surface area (Å²) in [5.41, 5.74) is 1.86. The lowest BCUT2D eigenvalue weighted by Gasteiger charge is -2.16. The van der Waals surface area contributed by atoms with E-state index < -0.39 is 0 Å². The lowest BCUT2D eigenvalue weighted by molar-refractivity contribution is 0.0937. The first-order valence-electron chi connectivity index (χ1n) is 9.65. The fourth-order valence-electron chi connectivity index (χ4n) is 3.41. The van der Waals surface area contributed by atoms with Gasteiger partial charge >= 0.3 is 0 Å². The summed E-state index contributed by atoms with van der Waals surface area (Å²) >= 11 is 1.56. The number of nitrogens with zero attached hydrogens (tertiary/aromatic N) is 2. The van der Waals surface area contributed by atoms with Gasteiger partial charge in [0.2, 0.25) is 0 Å². The zero-order valence-electron chi connectivity index (χ0n) is 16.0. The number of thioether (sulfide) groups is 1. The van der Waals surface area contributed by atoms with Crippen LogP contribution in [0.5, 0.6) is 5.75 Å². The number of hydrogen-bond donors (Lipinski definition) is 0. The van der Waals surface area contributed by atoms with Crippen LogP contribution in [0.1, 0.15) is 18.4 Å². The summed E-state index contributed by atoms with van der Waals surface area (Å²) in [5, 5.41) is 1.38. The number of aromatic nitrogens is 2. The Kier molecular flexibility index (Phi) is 5.98. The molecular weight excluding hydrogens is 372 g/mol. The Labute approximate surface area is 168 Å². The van der Waals surface area contributed by atoms with Gasteiger partial charge in [0, 0.05) is 12.4 Å². The SMILES string of the molecule is Cc1ccccc1OCCSc1nc2ccccc2c(=O)n1CC1CCCO1. The minimum Gasteiger partial charge on any atom is -0.492 e. The molecule has 1 aliphatic heterocycles. The van der Waals surface area contributed by atoms with E-state index in [1.807, 2.05) is 55.5 Å². The fraction of sp³-hybridized carbons (Fsp3) is 0.364. The molecule has 1 saturated heterocycles. The van der Waals surface area contributed by atoms with Crippen molar-refractivity contribution in [3.8, 4) is 5.75 Å². The lowest BCUT2D eigenvalue weighted by atomic mass is 10.2. The molecule has 146 valence electrons. The second-order valence-corrected chi connectivity index (χ2v) is 7.99. The summed E-state index contributed by atoms with van der Waals surface area (Å²) < 4.78 is 13.4. The maximum atomic E-state index is 13.1. The van der Waals surface area contributed by atoms with Gasteiger partial charge in [0.1, 0.15) is 5.75 Å². The molecule has 0 spiro atoms. The predicted octanol–water partition coefficient (Wildman–Crippen LogP) is 4.06. The summed E-state index contributed by atoms with van der Waals surface area (Å²) in [6.07, 6.45) is 2.12. The van der Waals surface area contributed by atoms with E-state index in [1.54, 1.807) is 16.3 Å². The molecule has 0 amide bonds. The van der Waals surface area contributed by atoms with Gasteiger partial charge < -0.3 is 9.47 Å². The van der Waals surface area contributed by atoms with Crippen molar-refractivity contribution in [1.29, 1.82) is 0 Å². The fourth-order valence-corrected chi connectivity index (χ4v) is 4.24. The molecule has 2 aromatic carbocycles. The monoisotopic (exact) mass is 396 g/mol. The van der Waals surface area contributed by atoms with Crippen molar-refractivity contribution in [1.82, 2.24) is 9.55 Å². The van der Waals surface area contributed by atoms with E-state index in [2.05, 4.69) is 0 Å². The number of benzene rings is 2. The molecule has 0 radical (unpaired) electrons. The van der Waals surface area contributed by atoms with Gasteiger partial charge in [-0.1, -0.05) is 42.1 Å². The molecule has 5 nitrogen and oxygen atoms in total. The Balaban J connectivity index is 1.52. The van der Waals surface area contributed by atoms with E-state index in [0.29, 0.717) is 24.3 Å². The molecule has 6 heteroatoms. The van der Waals surface area contributed by atoms with Gasteiger partial charge in [-0.3, -0.25) is 9.36 Å². The van der Waals surface area contributed by atoms with Crippen LogP contribution in [0.15, 0.2) is 58.5 Å².